The molecule has 19 heavy (non-hydrogen) atoms. The Morgan fingerprint density at radius 2 is 2.32 bits per heavy atom. The quantitative estimate of drug-likeness (QED) is 0.483. The third-order valence-electron chi connectivity index (χ3n) is 2.47. The van der Waals surface area contributed by atoms with Crippen LogP contribution < -0.4 is 5.56 Å². The SMILES string of the molecule is CCOC(=O)C(CC)Sc1nc2[nH]ncc2c(=O)[nH]1. The second-order valence-corrected chi connectivity index (χ2v) is 4.96. The molecule has 0 aromatic carbocycles. The number of carbonyl (C=O) groups excluding carboxylic acids is 1. The molecule has 7 nitrogen and oxygen atoms in total. The molecule has 102 valence electrons. The van der Waals surface area contributed by atoms with Crippen LogP contribution in [0.4, 0.5) is 0 Å². The molecule has 1 unspecified atom stereocenters. The molecule has 8 heteroatoms. The van der Waals surface area contributed by atoms with Gasteiger partial charge in [-0.2, -0.15) is 5.10 Å². The van der Waals surface area contributed by atoms with Crippen LogP contribution in [0, 0.1) is 0 Å². The molecule has 2 rings (SSSR count). The number of H-pyrrole nitrogens is 2. The Hall–Kier alpha value is -1.83. The summed E-state index contributed by atoms with van der Waals surface area (Å²) in [6.45, 7) is 3.97. The number of fused-ring (bicyclic) bond motifs is 1. The van der Waals surface area contributed by atoms with Gasteiger partial charge in [-0.1, -0.05) is 18.7 Å². The van der Waals surface area contributed by atoms with Crippen LogP contribution >= 0.6 is 11.8 Å². The number of nitrogens with zero attached hydrogens (tertiary/aromatic N) is 2. The summed E-state index contributed by atoms with van der Waals surface area (Å²) < 4.78 is 4.97. The Morgan fingerprint density at radius 1 is 1.53 bits per heavy atom. The molecular weight excluding hydrogens is 268 g/mol. The fraction of sp³-hybridized carbons (Fsp3) is 0.455. The Balaban J connectivity index is 2.24. The smallest absolute Gasteiger partial charge is 0.319 e. The summed E-state index contributed by atoms with van der Waals surface area (Å²) >= 11 is 1.18. The highest BCUT2D eigenvalue weighted by molar-refractivity contribution is 8.00. The summed E-state index contributed by atoms with van der Waals surface area (Å²) in [6.07, 6.45) is 2.01. The molecule has 0 aliphatic heterocycles. The predicted octanol–water partition coefficient (Wildman–Crippen LogP) is 1.08. The van der Waals surface area contributed by atoms with Crippen LogP contribution in [0.2, 0.25) is 0 Å². The Bertz CT molecular complexity index is 636. The zero-order valence-corrected chi connectivity index (χ0v) is 11.4. The summed E-state index contributed by atoms with van der Waals surface area (Å²) in [6, 6.07) is 0. The molecule has 0 bridgehead atoms. The second-order valence-electron chi connectivity index (χ2n) is 3.77. The number of ether oxygens (including phenoxy) is 1. The molecule has 0 spiro atoms. The van der Waals surface area contributed by atoms with Crippen LogP contribution in [0.1, 0.15) is 20.3 Å². The maximum Gasteiger partial charge on any atom is 0.319 e. The topological polar surface area (TPSA) is 101 Å². The fourth-order valence-electron chi connectivity index (χ4n) is 1.55. The number of nitrogens with one attached hydrogen (secondary N) is 2. The molecule has 0 aliphatic carbocycles. The number of hydrogen-bond donors (Lipinski definition) is 2. The van der Waals surface area contributed by atoms with E-state index in [-0.39, 0.29) is 16.8 Å². The summed E-state index contributed by atoms with van der Waals surface area (Å²) in [4.78, 5) is 30.3. The van der Waals surface area contributed by atoms with E-state index in [1.165, 1.54) is 18.0 Å². The van der Waals surface area contributed by atoms with Crippen LogP contribution in [-0.2, 0) is 9.53 Å². The molecule has 1 atom stereocenters. The number of rotatable bonds is 5. The molecular formula is C11H14N4O3S. The summed E-state index contributed by atoms with van der Waals surface area (Å²) in [5.41, 5.74) is 0.130. The van der Waals surface area contributed by atoms with E-state index in [2.05, 4.69) is 20.2 Å². The van der Waals surface area contributed by atoms with E-state index in [0.29, 0.717) is 29.2 Å². The zero-order valence-electron chi connectivity index (χ0n) is 10.6. The lowest BCUT2D eigenvalue weighted by Gasteiger charge is -2.11. The molecule has 0 radical (unpaired) electrons. The van der Waals surface area contributed by atoms with Crippen molar-refractivity contribution in [3.63, 3.8) is 0 Å². The molecule has 2 heterocycles. The van der Waals surface area contributed by atoms with Crippen molar-refractivity contribution in [1.29, 1.82) is 0 Å². The van der Waals surface area contributed by atoms with Crippen molar-refractivity contribution >= 4 is 28.8 Å². The standard InChI is InChI=1S/C11H14N4O3S/c1-3-7(10(17)18-4-2)19-11-13-8-6(5-12-15-8)9(16)14-11/h5,7H,3-4H2,1-2H3,(H2,12,13,14,15,16). The lowest BCUT2D eigenvalue weighted by atomic mass is 10.3. The average Bonchev–Trinajstić information content (AvgIpc) is 2.85. The van der Waals surface area contributed by atoms with E-state index in [4.69, 9.17) is 4.74 Å². The third-order valence-corrected chi connectivity index (χ3v) is 3.70. The molecule has 0 aliphatic rings. The van der Waals surface area contributed by atoms with Gasteiger partial charge in [0.1, 0.15) is 10.6 Å². The Morgan fingerprint density at radius 3 is 3.00 bits per heavy atom. The van der Waals surface area contributed by atoms with Gasteiger partial charge in [-0.15, -0.1) is 0 Å². The van der Waals surface area contributed by atoms with Gasteiger partial charge in [0.2, 0.25) is 0 Å². The lowest BCUT2D eigenvalue weighted by molar-refractivity contribution is -0.142. The normalized spacial score (nSPS) is 12.5. The van der Waals surface area contributed by atoms with Crippen LogP contribution in [0.5, 0.6) is 0 Å². The minimum absolute atomic E-state index is 0.278. The first kappa shape index (κ1) is 13.6. The van der Waals surface area contributed by atoms with Crippen molar-refractivity contribution in [3.05, 3.63) is 16.6 Å². The molecule has 0 amide bonds. The van der Waals surface area contributed by atoms with Gasteiger partial charge in [-0.3, -0.25) is 14.7 Å². The molecule has 2 aromatic heterocycles. The van der Waals surface area contributed by atoms with Gasteiger partial charge >= 0.3 is 5.97 Å². The lowest BCUT2D eigenvalue weighted by Crippen LogP contribution is -2.20. The summed E-state index contributed by atoms with van der Waals surface area (Å²) in [5, 5.41) is 6.78. The number of esters is 1. The minimum Gasteiger partial charge on any atom is -0.465 e. The van der Waals surface area contributed by atoms with Crippen LogP contribution in [0.3, 0.4) is 0 Å². The molecule has 2 aromatic rings. The van der Waals surface area contributed by atoms with E-state index in [0.717, 1.165) is 0 Å². The molecule has 0 saturated carbocycles. The highest BCUT2D eigenvalue weighted by Crippen LogP contribution is 2.23. The van der Waals surface area contributed by atoms with E-state index in [1.807, 2.05) is 6.92 Å². The largest absolute Gasteiger partial charge is 0.465 e. The van der Waals surface area contributed by atoms with E-state index in [9.17, 15) is 9.59 Å². The van der Waals surface area contributed by atoms with Gasteiger partial charge in [-0.25, -0.2) is 4.98 Å². The molecule has 2 N–H and O–H groups in total. The Labute approximate surface area is 113 Å². The molecule has 0 fully saturated rings. The van der Waals surface area contributed by atoms with Gasteiger partial charge in [-0.05, 0) is 13.3 Å². The highest BCUT2D eigenvalue weighted by atomic mass is 32.2. The number of thioether (sulfide) groups is 1. The summed E-state index contributed by atoms with van der Waals surface area (Å²) in [7, 11) is 0. The monoisotopic (exact) mass is 282 g/mol. The van der Waals surface area contributed by atoms with E-state index < -0.39 is 0 Å². The number of carbonyl (C=O) groups is 1. The van der Waals surface area contributed by atoms with Gasteiger partial charge in [0.05, 0.1) is 12.8 Å². The van der Waals surface area contributed by atoms with Gasteiger partial charge in [0.15, 0.2) is 10.8 Å². The zero-order chi connectivity index (χ0) is 13.8. The van der Waals surface area contributed by atoms with E-state index in [1.54, 1.807) is 6.92 Å². The van der Waals surface area contributed by atoms with Crippen molar-refractivity contribution in [2.45, 2.75) is 30.7 Å². The van der Waals surface area contributed by atoms with Crippen LogP contribution in [-0.4, -0.2) is 38.0 Å². The van der Waals surface area contributed by atoms with Crippen molar-refractivity contribution in [1.82, 2.24) is 20.2 Å². The van der Waals surface area contributed by atoms with Crippen LogP contribution in [0.25, 0.3) is 11.0 Å². The first-order chi connectivity index (χ1) is 9.15. The van der Waals surface area contributed by atoms with Gasteiger partial charge in [0.25, 0.3) is 5.56 Å². The Kier molecular flexibility index (Phi) is 4.20. The molecule has 0 saturated heterocycles. The van der Waals surface area contributed by atoms with Crippen molar-refractivity contribution in [3.8, 4) is 0 Å². The number of aromatic nitrogens is 4. The van der Waals surface area contributed by atoms with E-state index >= 15 is 0 Å². The summed E-state index contributed by atoms with van der Waals surface area (Å²) in [5.74, 6) is -0.303. The van der Waals surface area contributed by atoms with Crippen molar-refractivity contribution < 1.29 is 9.53 Å². The van der Waals surface area contributed by atoms with Gasteiger partial charge < -0.3 is 9.72 Å². The van der Waals surface area contributed by atoms with Gasteiger partial charge in [0, 0.05) is 0 Å². The van der Waals surface area contributed by atoms with Crippen molar-refractivity contribution in [2.75, 3.05) is 6.61 Å². The van der Waals surface area contributed by atoms with Crippen molar-refractivity contribution in [2.24, 2.45) is 0 Å². The minimum atomic E-state index is -0.386. The second kappa shape index (κ2) is 5.87. The first-order valence-corrected chi connectivity index (χ1v) is 6.80. The predicted molar refractivity (Wildman–Crippen MR) is 71.1 cm³/mol. The number of aromatic amines is 2. The maximum absolute atomic E-state index is 11.7. The fourth-order valence-corrected chi connectivity index (χ4v) is 2.44. The first-order valence-electron chi connectivity index (χ1n) is 5.92. The maximum atomic E-state index is 11.7. The highest BCUT2D eigenvalue weighted by Gasteiger charge is 2.20. The average molecular weight is 282 g/mol. The number of hydrogen-bond acceptors (Lipinski definition) is 6. The third kappa shape index (κ3) is 2.95. The van der Waals surface area contributed by atoms with Crippen LogP contribution in [0.15, 0.2) is 16.1 Å².